The highest BCUT2D eigenvalue weighted by Gasteiger charge is 2.17. The van der Waals surface area contributed by atoms with Gasteiger partial charge in [-0.05, 0) is 48.8 Å². The molecule has 0 aliphatic rings. The molecule has 5 nitrogen and oxygen atoms in total. The molecule has 2 amide bonds. The van der Waals surface area contributed by atoms with Gasteiger partial charge in [0.05, 0.1) is 13.1 Å². The predicted molar refractivity (Wildman–Crippen MR) is 88.2 cm³/mol. The zero-order valence-electron chi connectivity index (χ0n) is 12.9. The topological polar surface area (TPSA) is 61.4 Å². The number of nitrogens with zero attached hydrogens (tertiary/aromatic N) is 1. The summed E-state index contributed by atoms with van der Waals surface area (Å²) in [6.07, 6.45) is 0. The van der Waals surface area contributed by atoms with Gasteiger partial charge >= 0.3 is 0 Å². The van der Waals surface area contributed by atoms with E-state index in [1.165, 1.54) is 4.90 Å². The highest BCUT2D eigenvalue weighted by atomic mass is 79.9. The van der Waals surface area contributed by atoms with Gasteiger partial charge in [0.15, 0.2) is 0 Å². The molecule has 0 radical (unpaired) electrons. The van der Waals surface area contributed by atoms with Gasteiger partial charge in [-0.25, -0.2) is 0 Å². The number of carbonyl (C=O) groups is 2. The number of hydrogen-bond acceptors (Lipinski definition) is 3. The zero-order chi connectivity index (χ0) is 16.0. The second-order valence-corrected chi connectivity index (χ2v) is 6.74. The van der Waals surface area contributed by atoms with Gasteiger partial charge in [0.25, 0.3) is 0 Å². The molecule has 0 fully saturated rings. The maximum absolute atomic E-state index is 12.0. The molecular formula is C15H22BrN3O2. The van der Waals surface area contributed by atoms with E-state index < -0.39 is 0 Å². The predicted octanol–water partition coefficient (Wildman–Crippen LogP) is 2.23. The lowest BCUT2D eigenvalue weighted by molar-refractivity contribution is -0.133. The van der Waals surface area contributed by atoms with E-state index in [-0.39, 0.29) is 30.4 Å². The number of benzene rings is 1. The Morgan fingerprint density at radius 1 is 1.24 bits per heavy atom. The van der Waals surface area contributed by atoms with Crippen molar-refractivity contribution in [3.05, 3.63) is 28.7 Å². The van der Waals surface area contributed by atoms with Crippen molar-refractivity contribution in [2.24, 2.45) is 0 Å². The van der Waals surface area contributed by atoms with E-state index in [0.717, 1.165) is 10.2 Å². The molecule has 2 N–H and O–H groups in total. The third kappa shape index (κ3) is 6.62. The van der Waals surface area contributed by atoms with E-state index in [9.17, 15) is 9.59 Å². The molecule has 1 rings (SSSR count). The second kappa shape index (κ2) is 7.45. The fourth-order valence-electron chi connectivity index (χ4n) is 1.67. The van der Waals surface area contributed by atoms with Crippen LogP contribution in [0.4, 0.5) is 5.69 Å². The smallest absolute Gasteiger partial charge is 0.242 e. The van der Waals surface area contributed by atoms with Crippen molar-refractivity contribution >= 4 is 33.4 Å². The van der Waals surface area contributed by atoms with Crippen LogP contribution in [0.2, 0.25) is 0 Å². The van der Waals surface area contributed by atoms with Gasteiger partial charge in [0, 0.05) is 22.7 Å². The van der Waals surface area contributed by atoms with Gasteiger partial charge in [-0.3, -0.25) is 9.59 Å². The summed E-state index contributed by atoms with van der Waals surface area (Å²) in [6.45, 7) is 5.90. The minimum Gasteiger partial charge on any atom is -0.375 e. The molecule has 0 bridgehead atoms. The van der Waals surface area contributed by atoms with E-state index in [4.69, 9.17) is 0 Å². The molecule has 116 valence electrons. The molecular weight excluding hydrogens is 334 g/mol. The van der Waals surface area contributed by atoms with Crippen LogP contribution in [0, 0.1) is 0 Å². The monoisotopic (exact) mass is 355 g/mol. The Morgan fingerprint density at radius 3 is 2.43 bits per heavy atom. The second-order valence-electron chi connectivity index (χ2n) is 5.88. The van der Waals surface area contributed by atoms with E-state index in [0.29, 0.717) is 0 Å². The molecule has 6 heteroatoms. The molecule has 1 aromatic rings. The fraction of sp³-hybridized carbons (Fsp3) is 0.467. The Morgan fingerprint density at radius 2 is 1.86 bits per heavy atom. The number of rotatable bonds is 5. The van der Waals surface area contributed by atoms with Crippen LogP contribution >= 0.6 is 15.9 Å². The molecule has 0 aliphatic heterocycles. The van der Waals surface area contributed by atoms with Crippen LogP contribution in [0.5, 0.6) is 0 Å². The molecule has 21 heavy (non-hydrogen) atoms. The van der Waals surface area contributed by atoms with E-state index >= 15 is 0 Å². The first-order chi connectivity index (χ1) is 9.69. The van der Waals surface area contributed by atoms with Crippen LogP contribution in [-0.2, 0) is 9.59 Å². The maximum atomic E-state index is 12.0. The lowest BCUT2D eigenvalue weighted by atomic mass is 10.1. The Labute approximate surface area is 134 Å². The van der Waals surface area contributed by atoms with Crippen LogP contribution in [0.15, 0.2) is 28.7 Å². The van der Waals surface area contributed by atoms with E-state index in [2.05, 4.69) is 26.6 Å². The molecule has 0 saturated carbocycles. The first-order valence-corrected chi connectivity index (χ1v) is 7.52. The van der Waals surface area contributed by atoms with Crippen LogP contribution in [-0.4, -0.2) is 42.4 Å². The molecule has 0 heterocycles. The van der Waals surface area contributed by atoms with E-state index in [1.807, 2.05) is 45.0 Å². The van der Waals surface area contributed by atoms with Crippen molar-refractivity contribution in [1.29, 1.82) is 0 Å². The largest absolute Gasteiger partial charge is 0.375 e. The average Bonchev–Trinajstić information content (AvgIpc) is 2.34. The molecule has 0 saturated heterocycles. The average molecular weight is 356 g/mol. The molecule has 0 unspecified atom stereocenters. The number of nitrogens with one attached hydrogen (secondary N) is 2. The zero-order valence-corrected chi connectivity index (χ0v) is 14.5. The summed E-state index contributed by atoms with van der Waals surface area (Å²) in [6, 6.07) is 7.56. The lowest BCUT2D eigenvalue weighted by Gasteiger charge is -2.23. The normalized spacial score (nSPS) is 10.9. The first kappa shape index (κ1) is 17.5. The van der Waals surface area contributed by atoms with Crippen LogP contribution in [0.25, 0.3) is 0 Å². The SMILES string of the molecule is CN(CC(=O)NC(C)(C)C)C(=O)CNc1ccccc1Br. The summed E-state index contributed by atoms with van der Waals surface area (Å²) in [5.74, 6) is -0.311. The summed E-state index contributed by atoms with van der Waals surface area (Å²) < 4.78 is 0.894. The summed E-state index contributed by atoms with van der Waals surface area (Å²) in [5, 5.41) is 5.87. The van der Waals surface area contributed by atoms with Crippen LogP contribution in [0.3, 0.4) is 0 Å². The van der Waals surface area contributed by atoms with Gasteiger partial charge in [-0.1, -0.05) is 12.1 Å². The quantitative estimate of drug-likeness (QED) is 0.851. The number of hydrogen-bond donors (Lipinski definition) is 2. The number of halogens is 1. The summed E-state index contributed by atoms with van der Waals surface area (Å²) in [5.41, 5.74) is 0.548. The molecule has 0 spiro atoms. The van der Waals surface area contributed by atoms with Gasteiger partial charge in [0.1, 0.15) is 0 Å². The molecule has 0 atom stereocenters. The first-order valence-electron chi connectivity index (χ1n) is 6.72. The highest BCUT2D eigenvalue weighted by Crippen LogP contribution is 2.20. The Kier molecular flexibility index (Phi) is 6.20. The fourth-order valence-corrected chi connectivity index (χ4v) is 2.10. The van der Waals surface area contributed by atoms with Crippen molar-refractivity contribution in [3.63, 3.8) is 0 Å². The van der Waals surface area contributed by atoms with Crippen molar-refractivity contribution < 1.29 is 9.59 Å². The number of amides is 2. The molecule has 0 aliphatic carbocycles. The van der Waals surface area contributed by atoms with Crippen molar-refractivity contribution in [2.45, 2.75) is 26.3 Å². The van der Waals surface area contributed by atoms with Gasteiger partial charge in [0.2, 0.25) is 11.8 Å². The van der Waals surface area contributed by atoms with Crippen molar-refractivity contribution in [1.82, 2.24) is 10.2 Å². The Balaban J connectivity index is 2.45. The van der Waals surface area contributed by atoms with Crippen LogP contribution < -0.4 is 10.6 Å². The highest BCUT2D eigenvalue weighted by molar-refractivity contribution is 9.10. The number of para-hydroxylation sites is 1. The van der Waals surface area contributed by atoms with Gasteiger partial charge < -0.3 is 15.5 Å². The number of likely N-dealkylation sites (N-methyl/N-ethyl adjacent to an activating group) is 1. The maximum Gasteiger partial charge on any atom is 0.242 e. The third-order valence-electron chi connectivity index (χ3n) is 2.62. The standard InChI is InChI=1S/C15H22BrN3O2/c1-15(2,3)18-13(20)10-19(4)14(21)9-17-12-8-6-5-7-11(12)16/h5-8,17H,9-10H2,1-4H3,(H,18,20). The third-order valence-corrected chi connectivity index (χ3v) is 3.32. The lowest BCUT2D eigenvalue weighted by Crippen LogP contribution is -2.47. The molecule has 0 aromatic heterocycles. The van der Waals surface area contributed by atoms with Crippen molar-refractivity contribution in [2.75, 3.05) is 25.5 Å². The minimum atomic E-state index is -0.297. The molecule has 1 aromatic carbocycles. The van der Waals surface area contributed by atoms with E-state index in [1.54, 1.807) is 7.05 Å². The van der Waals surface area contributed by atoms with Crippen LogP contribution in [0.1, 0.15) is 20.8 Å². The van der Waals surface area contributed by atoms with Gasteiger partial charge in [-0.15, -0.1) is 0 Å². The number of carbonyl (C=O) groups excluding carboxylic acids is 2. The van der Waals surface area contributed by atoms with Gasteiger partial charge in [-0.2, -0.15) is 0 Å². The Hall–Kier alpha value is -1.56. The number of anilines is 1. The Bertz CT molecular complexity index is 512. The minimum absolute atomic E-state index is 0.0493. The summed E-state index contributed by atoms with van der Waals surface area (Å²) >= 11 is 3.41. The summed E-state index contributed by atoms with van der Waals surface area (Å²) in [4.78, 5) is 25.2. The summed E-state index contributed by atoms with van der Waals surface area (Å²) in [7, 11) is 1.62. The van der Waals surface area contributed by atoms with Crippen molar-refractivity contribution in [3.8, 4) is 0 Å².